The van der Waals surface area contributed by atoms with E-state index in [2.05, 4.69) is 64.5 Å². The first-order valence-corrected chi connectivity index (χ1v) is 14.0. The van der Waals surface area contributed by atoms with Gasteiger partial charge in [-0.1, -0.05) is 19.6 Å². The molecular weight excluding hydrogens is 366 g/mol. The molecule has 4 rings (SSSR count). The summed E-state index contributed by atoms with van der Waals surface area (Å²) in [5.74, 6) is 1.29. The van der Waals surface area contributed by atoms with E-state index in [1.807, 2.05) is 0 Å². The van der Waals surface area contributed by atoms with E-state index in [9.17, 15) is 0 Å². The Morgan fingerprint density at radius 3 is 2.71 bits per heavy atom. The Bertz CT molecular complexity index is 882. The number of fused-ring (bicyclic) bond motifs is 1. The SMILES string of the molecule is CN(c1ncnc2c1ccn2COCC[Si](C)(C)C)C1CC2(CC(C#N)C2)C1. The summed E-state index contributed by atoms with van der Waals surface area (Å²) in [6, 6.07) is 6.19. The van der Waals surface area contributed by atoms with Crippen LogP contribution < -0.4 is 4.90 Å². The van der Waals surface area contributed by atoms with Crippen molar-refractivity contribution in [2.24, 2.45) is 11.3 Å². The van der Waals surface area contributed by atoms with E-state index in [-0.39, 0.29) is 5.92 Å². The van der Waals surface area contributed by atoms with E-state index in [1.54, 1.807) is 6.33 Å². The summed E-state index contributed by atoms with van der Waals surface area (Å²) in [6.45, 7) is 8.44. The van der Waals surface area contributed by atoms with Crippen LogP contribution in [0.5, 0.6) is 0 Å². The second-order valence-electron chi connectivity index (χ2n) is 9.98. The molecule has 0 aliphatic heterocycles. The molecule has 0 saturated heterocycles. The second-order valence-corrected chi connectivity index (χ2v) is 15.6. The number of nitrogens with zero attached hydrogens (tertiary/aromatic N) is 5. The highest BCUT2D eigenvalue weighted by atomic mass is 28.3. The minimum atomic E-state index is -1.07. The molecule has 0 N–H and O–H groups in total. The number of anilines is 1. The molecular formula is C21H31N5OSi. The summed E-state index contributed by atoms with van der Waals surface area (Å²) in [4.78, 5) is 11.4. The zero-order chi connectivity index (χ0) is 19.9. The van der Waals surface area contributed by atoms with Crippen molar-refractivity contribution in [3.63, 3.8) is 0 Å². The monoisotopic (exact) mass is 397 g/mol. The molecule has 0 bridgehead atoms. The van der Waals surface area contributed by atoms with Gasteiger partial charge in [0.05, 0.1) is 11.5 Å². The van der Waals surface area contributed by atoms with Crippen molar-refractivity contribution in [2.45, 2.75) is 64.1 Å². The zero-order valence-electron chi connectivity index (χ0n) is 17.5. The van der Waals surface area contributed by atoms with Gasteiger partial charge in [0.1, 0.15) is 24.5 Å². The lowest BCUT2D eigenvalue weighted by molar-refractivity contribution is -0.0190. The molecule has 2 heterocycles. The van der Waals surface area contributed by atoms with Crippen LogP contribution in [-0.4, -0.2) is 42.3 Å². The Morgan fingerprint density at radius 1 is 1.29 bits per heavy atom. The highest BCUT2D eigenvalue weighted by Crippen LogP contribution is 2.59. The van der Waals surface area contributed by atoms with Gasteiger partial charge in [-0.3, -0.25) is 0 Å². The standard InChI is InChI=1S/C21H31N5OSi/c1-25(17-11-21(12-17)9-16(10-21)13-22)19-18-5-6-26(20(18)24-14-23-19)15-27-7-8-28(2,3)4/h5-6,14,16-17H,7-12,15H2,1-4H3. The van der Waals surface area contributed by atoms with Crippen LogP contribution in [0.15, 0.2) is 18.6 Å². The van der Waals surface area contributed by atoms with Gasteiger partial charge in [-0.15, -0.1) is 0 Å². The second kappa shape index (κ2) is 7.16. The molecule has 0 aromatic carbocycles. The fourth-order valence-electron chi connectivity index (χ4n) is 4.71. The Hall–Kier alpha value is -1.91. The van der Waals surface area contributed by atoms with Gasteiger partial charge in [0.15, 0.2) is 0 Å². The van der Waals surface area contributed by atoms with Crippen LogP contribution in [0.4, 0.5) is 5.82 Å². The predicted molar refractivity (Wildman–Crippen MR) is 114 cm³/mol. The van der Waals surface area contributed by atoms with Crippen molar-refractivity contribution in [3.8, 4) is 6.07 Å². The number of aromatic nitrogens is 3. The van der Waals surface area contributed by atoms with Gasteiger partial charge in [0, 0.05) is 39.9 Å². The molecule has 2 aliphatic rings. The van der Waals surface area contributed by atoms with Gasteiger partial charge in [-0.05, 0) is 43.2 Å². The Labute approximate surface area is 168 Å². The molecule has 7 heteroatoms. The first-order chi connectivity index (χ1) is 13.3. The van der Waals surface area contributed by atoms with Crippen LogP contribution in [-0.2, 0) is 11.5 Å². The lowest BCUT2D eigenvalue weighted by Gasteiger charge is -2.58. The fourth-order valence-corrected chi connectivity index (χ4v) is 5.47. The summed E-state index contributed by atoms with van der Waals surface area (Å²) < 4.78 is 7.98. The molecule has 150 valence electrons. The van der Waals surface area contributed by atoms with Crippen LogP contribution in [0, 0.1) is 22.7 Å². The van der Waals surface area contributed by atoms with Crippen molar-refractivity contribution in [1.29, 1.82) is 5.26 Å². The Kier molecular flexibility index (Phi) is 4.96. The summed E-state index contributed by atoms with van der Waals surface area (Å²) >= 11 is 0. The lowest BCUT2D eigenvalue weighted by Crippen LogP contribution is -2.55. The topological polar surface area (TPSA) is 67.0 Å². The maximum Gasteiger partial charge on any atom is 0.147 e. The van der Waals surface area contributed by atoms with Gasteiger partial charge in [0.2, 0.25) is 0 Å². The van der Waals surface area contributed by atoms with Crippen molar-refractivity contribution in [2.75, 3.05) is 18.6 Å². The highest BCUT2D eigenvalue weighted by molar-refractivity contribution is 6.76. The molecule has 0 radical (unpaired) electrons. The maximum absolute atomic E-state index is 9.04. The molecule has 0 unspecified atom stereocenters. The van der Waals surface area contributed by atoms with E-state index in [0.29, 0.717) is 18.2 Å². The summed E-state index contributed by atoms with van der Waals surface area (Å²) in [5.41, 5.74) is 1.37. The minimum absolute atomic E-state index is 0.284. The molecule has 28 heavy (non-hydrogen) atoms. The molecule has 2 fully saturated rings. The van der Waals surface area contributed by atoms with Crippen molar-refractivity contribution in [1.82, 2.24) is 14.5 Å². The Morgan fingerprint density at radius 2 is 2.04 bits per heavy atom. The highest BCUT2D eigenvalue weighted by Gasteiger charge is 2.54. The average Bonchev–Trinajstić information content (AvgIpc) is 2.98. The first-order valence-electron chi connectivity index (χ1n) is 10.3. The van der Waals surface area contributed by atoms with E-state index in [0.717, 1.165) is 36.3 Å². The van der Waals surface area contributed by atoms with Gasteiger partial charge < -0.3 is 14.2 Å². The average molecular weight is 398 g/mol. The molecule has 0 amide bonds. The van der Waals surface area contributed by atoms with Crippen LogP contribution in [0.1, 0.15) is 25.7 Å². The molecule has 1 spiro atoms. The first kappa shape index (κ1) is 19.4. The predicted octanol–water partition coefficient (Wildman–Crippen LogP) is 4.26. The van der Waals surface area contributed by atoms with Crippen LogP contribution in [0.25, 0.3) is 11.0 Å². The van der Waals surface area contributed by atoms with Gasteiger partial charge >= 0.3 is 0 Å². The third kappa shape index (κ3) is 3.68. The molecule has 2 aliphatic carbocycles. The minimum Gasteiger partial charge on any atom is -0.361 e. The molecule has 2 saturated carbocycles. The van der Waals surface area contributed by atoms with Crippen LogP contribution in [0.3, 0.4) is 0 Å². The number of hydrogen-bond donors (Lipinski definition) is 0. The van der Waals surface area contributed by atoms with E-state index in [1.165, 1.54) is 18.9 Å². The molecule has 0 atom stereocenters. The largest absolute Gasteiger partial charge is 0.361 e. The quantitative estimate of drug-likeness (QED) is 0.516. The Balaban J connectivity index is 1.40. The number of nitriles is 1. The smallest absolute Gasteiger partial charge is 0.147 e. The van der Waals surface area contributed by atoms with E-state index in [4.69, 9.17) is 10.00 Å². The third-order valence-corrected chi connectivity index (χ3v) is 8.23. The fraction of sp³-hybridized carbons (Fsp3) is 0.667. The number of hydrogen-bond acceptors (Lipinski definition) is 5. The normalized spacial score (nSPS) is 26.7. The van der Waals surface area contributed by atoms with Crippen LogP contribution >= 0.6 is 0 Å². The molecule has 6 nitrogen and oxygen atoms in total. The van der Waals surface area contributed by atoms with Crippen molar-refractivity contribution in [3.05, 3.63) is 18.6 Å². The molecule has 2 aromatic rings. The van der Waals surface area contributed by atoms with Crippen LogP contribution in [0.2, 0.25) is 25.7 Å². The maximum atomic E-state index is 9.04. The van der Waals surface area contributed by atoms with E-state index < -0.39 is 8.07 Å². The van der Waals surface area contributed by atoms with Gasteiger partial charge in [-0.25, -0.2) is 9.97 Å². The summed E-state index contributed by atoms with van der Waals surface area (Å²) in [5, 5.41) is 10.1. The summed E-state index contributed by atoms with van der Waals surface area (Å²) in [6.07, 6.45) is 8.23. The molecule has 2 aromatic heterocycles. The van der Waals surface area contributed by atoms with Gasteiger partial charge in [-0.2, -0.15) is 5.26 Å². The number of rotatable bonds is 7. The third-order valence-electron chi connectivity index (χ3n) is 6.52. The van der Waals surface area contributed by atoms with Gasteiger partial charge in [0.25, 0.3) is 0 Å². The van der Waals surface area contributed by atoms with E-state index >= 15 is 0 Å². The number of ether oxygens (including phenoxy) is 1. The zero-order valence-corrected chi connectivity index (χ0v) is 18.5. The lowest BCUT2D eigenvalue weighted by atomic mass is 9.50. The van der Waals surface area contributed by atoms with Crippen molar-refractivity contribution >= 4 is 24.9 Å². The van der Waals surface area contributed by atoms with Crippen molar-refractivity contribution < 1.29 is 4.74 Å². The summed E-state index contributed by atoms with van der Waals surface area (Å²) in [7, 11) is 1.07.